The lowest BCUT2D eigenvalue weighted by molar-refractivity contribution is 0.772. The molecule has 2 aromatic rings. The summed E-state index contributed by atoms with van der Waals surface area (Å²) in [6.07, 6.45) is 5.26. The highest BCUT2D eigenvalue weighted by atomic mass is 14.3. The van der Waals surface area contributed by atoms with Crippen LogP contribution in [0.15, 0.2) is 48.5 Å². The number of fused-ring (bicyclic) bond motifs is 3. The van der Waals surface area contributed by atoms with Gasteiger partial charge in [-0.25, -0.2) is 0 Å². The van der Waals surface area contributed by atoms with Crippen molar-refractivity contribution in [2.45, 2.75) is 52.4 Å². The van der Waals surface area contributed by atoms with E-state index >= 15 is 0 Å². The number of unbranched alkanes of at least 4 members (excludes halogenated alkanes) is 2. The number of benzene rings is 2. The Hall–Kier alpha value is -1.56. The smallest absolute Gasteiger partial charge is 0.00990 e. The molecule has 0 saturated heterocycles. The standard InChI is InChI=1S/C15H14.C5H12/c1-2-11-12-7-3-5-9-14(12)15-10-6-4-8-13(11)15;1-3-5-4-2/h3-11H,2H2,1H3;3-5H2,1-2H3. The summed E-state index contributed by atoms with van der Waals surface area (Å²) in [6.45, 7) is 6.69. The zero-order valence-electron chi connectivity index (χ0n) is 13.0. The van der Waals surface area contributed by atoms with Gasteiger partial charge in [0.1, 0.15) is 0 Å². The van der Waals surface area contributed by atoms with Crippen LogP contribution in [0.3, 0.4) is 0 Å². The predicted octanol–water partition coefficient (Wildman–Crippen LogP) is 6.41. The van der Waals surface area contributed by atoms with Crippen LogP contribution in [-0.2, 0) is 0 Å². The van der Waals surface area contributed by atoms with E-state index in [2.05, 4.69) is 69.3 Å². The lowest BCUT2D eigenvalue weighted by Gasteiger charge is -2.09. The second kappa shape index (κ2) is 7.28. The third-order valence-corrected chi connectivity index (χ3v) is 4.08. The van der Waals surface area contributed by atoms with Crippen LogP contribution in [0.25, 0.3) is 11.1 Å². The second-order valence-corrected chi connectivity index (χ2v) is 5.49. The molecule has 0 saturated carbocycles. The lowest BCUT2D eigenvalue weighted by atomic mass is 9.95. The van der Waals surface area contributed by atoms with Gasteiger partial charge in [0.05, 0.1) is 0 Å². The Bertz CT molecular complexity index is 492. The van der Waals surface area contributed by atoms with E-state index in [0.29, 0.717) is 5.92 Å². The van der Waals surface area contributed by atoms with E-state index in [-0.39, 0.29) is 0 Å². The molecule has 0 aromatic heterocycles. The van der Waals surface area contributed by atoms with Crippen molar-refractivity contribution in [3.05, 3.63) is 59.7 Å². The number of hydrogen-bond donors (Lipinski definition) is 0. The molecule has 2 aromatic carbocycles. The molecule has 0 nitrogen and oxygen atoms in total. The molecule has 0 aliphatic heterocycles. The minimum atomic E-state index is 0.609. The maximum Gasteiger partial charge on any atom is 0.00990 e. The molecular formula is C20H26. The van der Waals surface area contributed by atoms with Crippen molar-refractivity contribution < 1.29 is 0 Å². The van der Waals surface area contributed by atoms with E-state index < -0.39 is 0 Å². The van der Waals surface area contributed by atoms with Gasteiger partial charge in [-0.3, -0.25) is 0 Å². The minimum Gasteiger partial charge on any atom is -0.0654 e. The highest BCUT2D eigenvalue weighted by molar-refractivity contribution is 5.78. The molecule has 0 radical (unpaired) electrons. The zero-order chi connectivity index (χ0) is 14.4. The fourth-order valence-corrected chi connectivity index (χ4v) is 3.05. The summed E-state index contributed by atoms with van der Waals surface area (Å²) in [5.41, 5.74) is 5.86. The molecule has 0 N–H and O–H groups in total. The summed E-state index contributed by atoms with van der Waals surface area (Å²) in [4.78, 5) is 0. The van der Waals surface area contributed by atoms with E-state index in [4.69, 9.17) is 0 Å². The van der Waals surface area contributed by atoms with Gasteiger partial charge < -0.3 is 0 Å². The van der Waals surface area contributed by atoms with Crippen LogP contribution in [0, 0.1) is 0 Å². The van der Waals surface area contributed by atoms with E-state index in [1.807, 2.05) is 0 Å². The maximum absolute atomic E-state index is 2.27. The van der Waals surface area contributed by atoms with Crippen molar-refractivity contribution in [1.29, 1.82) is 0 Å². The van der Waals surface area contributed by atoms with E-state index in [0.717, 1.165) is 0 Å². The molecule has 20 heavy (non-hydrogen) atoms. The summed E-state index contributed by atoms with van der Waals surface area (Å²) >= 11 is 0. The largest absolute Gasteiger partial charge is 0.0654 e. The Morgan fingerprint density at radius 2 is 1.15 bits per heavy atom. The Morgan fingerprint density at radius 3 is 1.50 bits per heavy atom. The van der Waals surface area contributed by atoms with Gasteiger partial charge >= 0.3 is 0 Å². The second-order valence-electron chi connectivity index (χ2n) is 5.49. The first-order chi connectivity index (χ1) is 9.83. The van der Waals surface area contributed by atoms with E-state index in [1.165, 1.54) is 47.9 Å². The topological polar surface area (TPSA) is 0 Å². The molecule has 1 aliphatic carbocycles. The quantitative estimate of drug-likeness (QED) is 0.602. The molecule has 0 heteroatoms. The monoisotopic (exact) mass is 266 g/mol. The van der Waals surface area contributed by atoms with Gasteiger partial charge in [0.15, 0.2) is 0 Å². The summed E-state index contributed by atoms with van der Waals surface area (Å²) in [5.74, 6) is 0.609. The Balaban J connectivity index is 0.000000257. The van der Waals surface area contributed by atoms with E-state index in [9.17, 15) is 0 Å². The van der Waals surface area contributed by atoms with Crippen LogP contribution in [0.4, 0.5) is 0 Å². The first kappa shape index (κ1) is 14.8. The van der Waals surface area contributed by atoms with E-state index in [1.54, 1.807) is 0 Å². The Labute approximate surface area is 123 Å². The van der Waals surface area contributed by atoms with Gasteiger partial charge in [-0.15, -0.1) is 0 Å². The summed E-state index contributed by atoms with van der Waals surface area (Å²) in [6, 6.07) is 17.6. The van der Waals surface area contributed by atoms with Crippen molar-refractivity contribution >= 4 is 0 Å². The number of hydrogen-bond acceptors (Lipinski definition) is 0. The molecule has 0 fully saturated rings. The van der Waals surface area contributed by atoms with Crippen LogP contribution in [0.2, 0.25) is 0 Å². The molecule has 3 rings (SSSR count). The van der Waals surface area contributed by atoms with Gasteiger partial charge in [-0.05, 0) is 28.7 Å². The SMILES string of the molecule is CCC1c2ccccc2-c2ccccc21.CCCCC. The predicted molar refractivity (Wildman–Crippen MR) is 89.2 cm³/mol. The van der Waals surface area contributed by atoms with Crippen molar-refractivity contribution in [1.82, 2.24) is 0 Å². The molecule has 1 aliphatic rings. The maximum atomic E-state index is 2.27. The lowest BCUT2D eigenvalue weighted by Crippen LogP contribution is -1.93. The molecule has 0 unspecified atom stereocenters. The van der Waals surface area contributed by atoms with Crippen molar-refractivity contribution in [3.8, 4) is 11.1 Å². The van der Waals surface area contributed by atoms with Crippen molar-refractivity contribution in [2.75, 3.05) is 0 Å². The first-order valence-electron chi connectivity index (χ1n) is 8.01. The van der Waals surface area contributed by atoms with Crippen LogP contribution in [-0.4, -0.2) is 0 Å². The fraction of sp³-hybridized carbons (Fsp3) is 0.400. The van der Waals surface area contributed by atoms with Crippen LogP contribution in [0.5, 0.6) is 0 Å². The van der Waals surface area contributed by atoms with Gasteiger partial charge in [0.25, 0.3) is 0 Å². The normalized spacial score (nSPS) is 12.3. The van der Waals surface area contributed by atoms with Gasteiger partial charge in [-0.2, -0.15) is 0 Å². The molecule has 0 spiro atoms. The fourth-order valence-electron chi connectivity index (χ4n) is 3.05. The highest BCUT2D eigenvalue weighted by Gasteiger charge is 2.25. The minimum absolute atomic E-state index is 0.609. The third-order valence-electron chi connectivity index (χ3n) is 4.08. The molecule has 0 bridgehead atoms. The molecular weight excluding hydrogens is 240 g/mol. The molecule has 0 amide bonds. The average Bonchev–Trinajstić information content (AvgIpc) is 2.83. The summed E-state index contributed by atoms with van der Waals surface area (Å²) < 4.78 is 0. The summed E-state index contributed by atoms with van der Waals surface area (Å²) in [7, 11) is 0. The molecule has 0 heterocycles. The van der Waals surface area contributed by atoms with Crippen molar-refractivity contribution in [3.63, 3.8) is 0 Å². The highest BCUT2D eigenvalue weighted by Crippen LogP contribution is 2.45. The van der Waals surface area contributed by atoms with Gasteiger partial charge in [0.2, 0.25) is 0 Å². The Kier molecular flexibility index (Phi) is 5.40. The van der Waals surface area contributed by atoms with Crippen molar-refractivity contribution in [2.24, 2.45) is 0 Å². The third kappa shape index (κ3) is 2.95. The van der Waals surface area contributed by atoms with Gasteiger partial charge in [0, 0.05) is 5.92 Å². The van der Waals surface area contributed by atoms with Crippen LogP contribution in [0.1, 0.15) is 63.5 Å². The zero-order valence-corrected chi connectivity index (χ0v) is 13.0. The first-order valence-corrected chi connectivity index (χ1v) is 8.01. The van der Waals surface area contributed by atoms with Crippen LogP contribution < -0.4 is 0 Å². The average molecular weight is 266 g/mol. The molecule has 0 atom stereocenters. The summed E-state index contributed by atoms with van der Waals surface area (Å²) in [5, 5.41) is 0. The molecule has 106 valence electrons. The Morgan fingerprint density at radius 1 is 0.700 bits per heavy atom. The van der Waals surface area contributed by atoms with Gasteiger partial charge in [-0.1, -0.05) is 88.6 Å². The van der Waals surface area contributed by atoms with Crippen LogP contribution >= 0.6 is 0 Å². The number of rotatable bonds is 3.